The number of hydrogen-bond acceptors (Lipinski definition) is 6. The Bertz CT molecular complexity index is 1680. The molecule has 3 heterocycles. The minimum absolute atomic E-state index is 0.134. The Morgan fingerprint density at radius 2 is 1.77 bits per heavy atom. The van der Waals surface area contributed by atoms with Gasteiger partial charge in [-0.3, -0.25) is 14.5 Å². The Kier molecular flexibility index (Phi) is 8.30. The number of phenols is 1. The molecule has 1 atom stereocenters. The molecule has 3 aromatic carbocycles. The zero-order valence-electron chi connectivity index (χ0n) is 23.8. The molecule has 1 spiro atoms. The van der Waals surface area contributed by atoms with Crippen LogP contribution >= 0.6 is 11.3 Å². The van der Waals surface area contributed by atoms with Crippen LogP contribution in [0.25, 0.3) is 11.1 Å². The van der Waals surface area contributed by atoms with Gasteiger partial charge in [-0.05, 0) is 54.3 Å². The molecule has 0 unspecified atom stereocenters. The monoisotopic (exact) mass is 592 g/mol. The Hall–Kier alpha value is -4.42. The summed E-state index contributed by atoms with van der Waals surface area (Å²) in [5.74, 6) is 6.21. The zero-order chi connectivity index (χ0) is 29.8. The molecule has 2 N–H and O–H groups in total. The summed E-state index contributed by atoms with van der Waals surface area (Å²) in [5, 5.41) is 17.3. The molecule has 2 saturated heterocycles. The van der Waals surface area contributed by atoms with Gasteiger partial charge in [0.05, 0.1) is 26.2 Å². The summed E-state index contributed by atoms with van der Waals surface area (Å²) >= 11 is 1.54. The van der Waals surface area contributed by atoms with Crippen LogP contribution < -0.4 is 5.32 Å². The van der Waals surface area contributed by atoms with Crippen molar-refractivity contribution in [2.75, 3.05) is 25.1 Å². The van der Waals surface area contributed by atoms with Crippen molar-refractivity contribution in [1.82, 2.24) is 4.90 Å². The molecule has 4 aromatic rings. The highest BCUT2D eigenvalue weighted by molar-refractivity contribution is 7.08. The normalized spacial score (nSPS) is 17.3. The number of benzene rings is 3. The van der Waals surface area contributed by atoms with Crippen molar-refractivity contribution < 1.29 is 24.2 Å². The first-order chi connectivity index (χ1) is 20.9. The number of aromatic hydroxyl groups is 1. The second-order valence-corrected chi connectivity index (χ2v) is 11.6. The summed E-state index contributed by atoms with van der Waals surface area (Å²) in [6, 6.07) is 21.6. The molecule has 0 bridgehead atoms. The molecule has 0 saturated carbocycles. The van der Waals surface area contributed by atoms with Crippen molar-refractivity contribution in [3.8, 4) is 28.7 Å². The Balaban J connectivity index is 1.16. The van der Waals surface area contributed by atoms with Gasteiger partial charge in [0.1, 0.15) is 17.5 Å². The van der Waals surface area contributed by atoms with Crippen LogP contribution in [0.3, 0.4) is 0 Å². The Morgan fingerprint density at radius 3 is 2.53 bits per heavy atom. The van der Waals surface area contributed by atoms with Gasteiger partial charge in [-0.2, -0.15) is 11.3 Å². The van der Waals surface area contributed by atoms with Crippen LogP contribution in [0.15, 0.2) is 83.6 Å². The van der Waals surface area contributed by atoms with E-state index in [1.54, 1.807) is 23.1 Å². The number of carbonyl (C=O) groups excluding carboxylic acids is 2. The highest BCUT2D eigenvalue weighted by Crippen LogP contribution is 2.38. The number of thiophene rings is 1. The van der Waals surface area contributed by atoms with Crippen molar-refractivity contribution in [1.29, 1.82) is 0 Å². The largest absolute Gasteiger partial charge is 0.507 e. The molecule has 2 amide bonds. The predicted molar refractivity (Wildman–Crippen MR) is 167 cm³/mol. The van der Waals surface area contributed by atoms with E-state index in [1.807, 2.05) is 72.3 Å². The van der Waals surface area contributed by atoms with Crippen molar-refractivity contribution >= 4 is 28.8 Å². The van der Waals surface area contributed by atoms with Crippen molar-refractivity contribution in [2.45, 2.75) is 38.0 Å². The lowest BCUT2D eigenvalue weighted by molar-refractivity contribution is -0.169. The number of hydrogen-bond donors (Lipinski definition) is 2. The number of anilines is 1. The van der Waals surface area contributed by atoms with Gasteiger partial charge in [0.15, 0.2) is 0 Å². The minimum atomic E-state index is -0.832. The second kappa shape index (κ2) is 12.4. The molecule has 2 fully saturated rings. The smallest absolute Gasteiger partial charge is 0.249 e. The van der Waals surface area contributed by atoms with Gasteiger partial charge < -0.3 is 19.9 Å². The van der Waals surface area contributed by atoms with E-state index in [9.17, 15) is 14.7 Å². The highest BCUT2D eigenvalue weighted by atomic mass is 32.1. The van der Waals surface area contributed by atoms with Crippen LogP contribution in [0.2, 0.25) is 0 Å². The van der Waals surface area contributed by atoms with Crippen molar-refractivity contribution in [2.24, 2.45) is 0 Å². The first kappa shape index (κ1) is 28.7. The first-order valence-electron chi connectivity index (χ1n) is 14.3. The number of nitrogens with zero attached hydrogens (tertiary/aromatic N) is 1. The summed E-state index contributed by atoms with van der Waals surface area (Å²) in [6.07, 6.45) is 1.25. The number of nitrogens with one attached hydrogen (secondary N) is 1. The molecule has 218 valence electrons. The molecule has 8 heteroatoms. The molecule has 7 nitrogen and oxygen atoms in total. The van der Waals surface area contributed by atoms with E-state index < -0.39 is 11.8 Å². The average Bonchev–Trinajstić information content (AvgIpc) is 3.64. The number of phenolic OH excluding ortho intramolecular Hbond substituents is 1. The third-order valence-electron chi connectivity index (χ3n) is 7.90. The van der Waals surface area contributed by atoms with Crippen LogP contribution in [0.1, 0.15) is 35.1 Å². The SMILES string of the molecule is Cc1ccc(O)c(-c2cscc2C#Cc2ccc(NC(=O)[C@@H]3COC4(CCOCC4)N3C(=O)Cc3ccccc3)cc2)c1. The Labute approximate surface area is 255 Å². The minimum Gasteiger partial charge on any atom is -0.507 e. The Morgan fingerprint density at radius 1 is 1.00 bits per heavy atom. The second-order valence-electron chi connectivity index (χ2n) is 10.8. The fourth-order valence-corrected chi connectivity index (χ4v) is 6.44. The van der Waals surface area contributed by atoms with Gasteiger partial charge in [0, 0.05) is 46.2 Å². The molecule has 0 radical (unpaired) electrons. The van der Waals surface area contributed by atoms with Gasteiger partial charge in [-0.25, -0.2) is 0 Å². The van der Waals surface area contributed by atoms with Gasteiger partial charge in [0.25, 0.3) is 0 Å². The lowest BCUT2D eigenvalue weighted by Crippen LogP contribution is -2.57. The number of amides is 2. The van der Waals surface area contributed by atoms with E-state index in [0.29, 0.717) is 31.7 Å². The number of aryl methyl sites for hydroxylation is 1. The molecule has 0 aliphatic carbocycles. The number of rotatable bonds is 5. The maximum atomic E-state index is 13.6. The zero-order valence-corrected chi connectivity index (χ0v) is 24.7. The highest BCUT2D eigenvalue weighted by Gasteiger charge is 2.53. The summed E-state index contributed by atoms with van der Waals surface area (Å²) in [5.41, 5.74) is 5.02. The summed E-state index contributed by atoms with van der Waals surface area (Å²) < 4.78 is 11.7. The lowest BCUT2D eigenvalue weighted by atomic mass is 9.99. The predicted octanol–water partition coefficient (Wildman–Crippen LogP) is 5.74. The van der Waals surface area contributed by atoms with Gasteiger partial charge in [0.2, 0.25) is 11.8 Å². The van der Waals surface area contributed by atoms with Crippen LogP contribution in [-0.4, -0.2) is 53.4 Å². The van der Waals surface area contributed by atoms with Gasteiger partial charge in [-0.1, -0.05) is 53.8 Å². The van der Waals surface area contributed by atoms with E-state index in [1.165, 1.54) is 11.3 Å². The molecule has 6 rings (SSSR count). The average molecular weight is 593 g/mol. The van der Waals surface area contributed by atoms with E-state index in [2.05, 4.69) is 17.2 Å². The van der Waals surface area contributed by atoms with Crippen LogP contribution in [0.5, 0.6) is 5.75 Å². The summed E-state index contributed by atoms with van der Waals surface area (Å²) in [7, 11) is 0. The fourth-order valence-electron chi connectivity index (χ4n) is 5.66. The molecular formula is C35H32N2O5S. The van der Waals surface area contributed by atoms with E-state index in [-0.39, 0.29) is 30.6 Å². The molecule has 2 aliphatic heterocycles. The molecular weight excluding hydrogens is 560 g/mol. The van der Waals surface area contributed by atoms with Crippen LogP contribution in [0.4, 0.5) is 5.69 Å². The standard InChI is InChI=1S/C35H32N2O5S/c1-24-7-14-32(38)29(19-24)30-23-43-22-27(30)11-8-25-9-12-28(13-10-25)36-34(40)31-21-42-35(15-17-41-18-16-35)37(31)33(39)20-26-5-3-2-4-6-26/h2-7,9-10,12-14,19,22-23,31,38H,15-18,20-21H2,1H3,(H,36,40)/t31-/m0/s1. The van der Waals surface area contributed by atoms with Crippen LogP contribution in [0, 0.1) is 18.8 Å². The third-order valence-corrected chi connectivity index (χ3v) is 8.65. The van der Waals surface area contributed by atoms with Gasteiger partial charge >= 0.3 is 0 Å². The number of ether oxygens (including phenoxy) is 2. The van der Waals surface area contributed by atoms with Crippen LogP contribution in [-0.2, 0) is 25.5 Å². The quantitative estimate of drug-likeness (QED) is 0.289. The van der Waals surface area contributed by atoms with Gasteiger partial charge in [-0.15, -0.1) is 0 Å². The summed E-state index contributed by atoms with van der Waals surface area (Å²) in [6.45, 7) is 3.08. The first-order valence-corrected chi connectivity index (χ1v) is 15.2. The lowest BCUT2D eigenvalue weighted by Gasteiger charge is -2.41. The summed E-state index contributed by atoms with van der Waals surface area (Å²) in [4.78, 5) is 28.8. The maximum absolute atomic E-state index is 13.6. The molecule has 43 heavy (non-hydrogen) atoms. The van der Waals surface area contributed by atoms with E-state index >= 15 is 0 Å². The fraction of sp³-hybridized carbons (Fsp3) is 0.257. The van der Waals surface area contributed by atoms with Crippen molar-refractivity contribution in [3.63, 3.8) is 0 Å². The maximum Gasteiger partial charge on any atom is 0.249 e. The van der Waals surface area contributed by atoms with Crippen molar-refractivity contribution in [3.05, 3.63) is 106 Å². The molecule has 2 aliphatic rings. The number of carbonyl (C=O) groups is 2. The van der Waals surface area contributed by atoms with E-state index in [0.717, 1.165) is 33.4 Å². The third kappa shape index (κ3) is 6.20. The topological polar surface area (TPSA) is 88.1 Å². The molecule has 1 aromatic heterocycles. The van der Waals surface area contributed by atoms with E-state index in [4.69, 9.17) is 9.47 Å².